The molecule has 0 aliphatic rings. The van der Waals surface area contributed by atoms with Gasteiger partial charge in [0.1, 0.15) is 4.99 Å². The molecule has 7 heteroatoms. The van der Waals surface area contributed by atoms with E-state index < -0.39 is 10.0 Å². The number of rotatable bonds is 7. The maximum atomic E-state index is 11.9. The first-order valence-corrected chi connectivity index (χ1v) is 7.79. The molecule has 0 aliphatic carbocycles. The third-order valence-electron chi connectivity index (χ3n) is 2.56. The van der Waals surface area contributed by atoms with Crippen molar-refractivity contribution in [2.45, 2.75) is 18.8 Å². The van der Waals surface area contributed by atoms with E-state index in [1.165, 1.54) is 7.11 Å². The lowest BCUT2D eigenvalue weighted by molar-refractivity contribution is 0.122. The summed E-state index contributed by atoms with van der Waals surface area (Å²) in [6, 6.07) is 6.89. The second-order valence-electron chi connectivity index (χ2n) is 4.22. The van der Waals surface area contributed by atoms with Gasteiger partial charge in [-0.1, -0.05) is 30.4 Å². The number of benzene rings is 1. The topological polar surface area (TPSA) is 81.4 Å². The SMILES string of the molecule is COC(C)CNS(=O)(=O)Cc1cccc(C(N)=S)c1. The van der Waals surface area contributed by atoms with Crippen LogP contribution < -0.4 is 10.5 Å². The van der Waals surface area contributed by atoms with E-state index in [0.29, 0.717) is 11.1 Å². The van der Waals surface area contributed by atoms with Gasteiger partial charge in [-0.15, -0.1) is 0 Å². The normalized spacial score (nSPS) is 13.2. The monoisotopic (exact) mass is 302 g/mol. The molecule has 0 amide bonds. The fourth-order valence-corrected chi connectivity index (χ4v) is 2.75. The van der Waals surface area contributed by atoms with E-state index in [1.54, 1.807) is 31.2 Å². The van der Waals surface area contributed by atoms with Crippen molar-refractivity contribution >= 4 is 27.2 Å². The Labute approximate surface area is 119 Å². The molecule has 1 aromatic rings. The standard InChI is InChI=1S/C12H18N2O3S2/c1-9(17-2)7-14-19(15,16)8-10-4-3-5-11(6-10)12(13)18/h3-6,9,14H,7-8H2,1-2H3,(H2,13,18). The van der Waals surface area contributed by atoms with Gasteiger partial charge in [0.05, 0.1) is 11.9 Å². The molecule has 0 spiro atoms. The van der Waals surface area contributed by atoms with Gasteiger partial charge in [-0.3, -0.25) is 0 Å². The summed E-state index contributed by atoms with van der Waals surface area (Å²) >= 11 is 4.86. The van der Waals surface area contributed by atoms with Gasteiger partial charge in [0, 0.05) is 19.2 Å². The second kappa shape index (κ2) is 6.95. The third kappa shape index (κ3) is 5.65. The molecule has 0 radical (unpaired) electrons. The third-order valence-corrected chi connectivity index (χ3v) is 4.12. The van der Waals surface area contributed by atoms with Crippen molar-refractivity contribution in [1.82, 2.24) is 4.72 Å². The lowest BCUT2D eigenvalue weighted by Crippen LogP contribution is -2.32. The van der Waals surface area contributed by atoms with Crippen LogP contribution in [0.15, 0.2) is 24.3 Å². The summed E-state index contributed by atoms with van der Waals surface area (Å²) in [6.45, 7) is 2.03. The molecule has 0 bridgehead atoms. The number of thiocarbonyl (C=S) groups is 1. The highest BCUT2D eigenvalue weighted by Gasteiger charge is 2.13. The maximum Gasteiger partial charge on any atom is 0.215 e. The fourth-order valence-electron chi connectivity index (χ4n) is 1.41. The van der Waals surface area contributed by atoms with Crippen molar-refractivity contribution in [1.29, 1.82) is 0 Å². The summed E-state index contributed by atoms with van der Waals surface area (Å²) in [4.78, 5) is 0.250. The highest BCUT2D eigenvalue weighted by molar-refractivity contribution is 7.88. The molecule has 0 heterocycles. The number of methoxy groups -OCH3 is 1. The van der Waals surface area contributed by atoms with Crippen molar-refractivity contribution in [3.05, 3.63) is 35.4 Å². The van der Waals surface area contributed by atoms with Gasteiger partial charge in [0.25, 0.3) is 0 Å². The van der Waals surface area contributed by atoms with E-state index >= 15 is 0 Å². The fraction of sp³-hybridized carbons (Fsp3) is 0.417. The van der Waals surface area contributed by atoms with E-state index in [1.807, 2.05) is 0 Å². The molecule has 19 heavy (non-hydrogen) atoms. The smallest absolute Gasteiger partial charge is 0.215 e. The first-order valence-electron chi connectivity index (χ1n) is 5.73. The number of nitrogens with one attached hydrogen (secondary N) is 1. The molecule has 3 N–H and O–H groups in total. The largest absolute Gasteiger partial charge is 0.389 e. The van der Waals surface area contributed by atoms with Gasteiger partial charge < -0.3 is 10.5 Å². The zero-order valence-electron chi connectivity index (χ0n) is 10.9. The molecule has 0 fully saturated rings. The molecule has 1 atom stereocenters. The molecule has 1 unspecified atom stereocenters. The van der Waals surface area contributed by atoms with Crippen LogP contribution in [-0.2, 0) is 20.5 Å². The van der Waals surface area contributed by atoms with Crippen LogP contribution in [0.4, 0.5) is 0 Å². The molecule has 0 aromatic heterocycles. The Balaban J connectivity index is 2.72. The molecule has 5 nitrogen and oxygen atoms in total. The minimum absolute atomic E-state index is 0.111. The first-order chi connectivity index (χ1) is 8.84. The molecule has 0 saturated carbocycles. The van der Waals surface area contributed by atoms with Gasteiger partial charge >= 0.3 is 0 Å². The van der Waals surface area contributed by atoms with E-state index in [9.17, 15) is 8.42 Å². The molecular weight excluding hydrogens is 284 g/mol. The zero-order valence-corrected chi connectivity index (χ0v) is 12.6. The van der Waals surface area contributed by atoms with Gasteiger partial charge in [-0.2, -0.15) is 0 Å². The van der Waals surface area contributed by atoms with Gasteiger partial charge in [-0.05, 0) is 18.6 Å². The molecule has 106 valence electrons. The minimum atomic E-state index is -3.40. The maximum absolute atomic E-state index is 11.9. The Kier molecular flexibility index (Phi) is 5.86. The van der Waals surface area contributed by atoms with Crippen LogP contribution in [0.1, 0.15) is 18.1 Å². The molecule has 1 aromatic carbocycles. The van der Waals surface area contributed by atoms with Crippen LogP contribution in [0.5, 0.6) is 0 Å². The summed E-state index contributed by atoms with van der Waals surface area (Å²) in [7, 11) is -1.86. The summed E-state index contributed by atoms with van der Waals surface area (Å²) in [5, 5.41) is 0. The van der Waals surface area contributed by atoms with Gasteiger partial charge in [0.15, 0.2) is 0 Å². The van der Waals surface area contributed by atoms with E-state index in [-0.39, 0.29) is 23.4 Å². The quantitative estimate of drug-likeness (QED) is 0.727. The van der Waals surface area contributed by atoms with Crippen LogP contribution in [0, 0.1) is 0 Å². The van der Waals surface area contributed by atoms with Crippen molar-refractivity contribution in [3.63, 3.8) is 0 Å². The Hall–Kier alpha value is -1.02. The molecular formula is C12H18N2O3S2. The summed E-state index contributed by atoms with van der Waals surface area (Å²) < 4.78 is 31.2. The zero-order chi connectivity index (χ0) is 14.5. The van der Waals surface area contributed by atoms with Crippen molar-refractivity contribution in [2.75, 3.05) is 13.7 Å². The van der Waals surface area contributed by atoms with Crippen LogP contribution >= 0.6 is 12.2 Å². The lowest BCUT2D eigenvalue weighted by Gasteiger charge is -2.11. The van der Waals surface area contributed by atoms with Crippen LogP contribution in [0.25, 0.3) is 0 Å². The average molecular weight is 302 g/mol. The van der Waals surface area contributed by atoms with Gasteiger partial charge in [0.2, 0.25) is 10.0 Å². The number of hydrogen-bond acceptors (Lipinski definition) is 4. The van der Waals surface area contributed by atoms with Crippen molar-refractivity contribution < 1.29 is 13.2 Å². The Morgan fingerprint density at radius 1 is 1.53 bits per heavy atom. The Morgan fingerprint density at radius 2 is 2.21 bits per heavy atom. The van der Waals surface area contributed by atoms with Crippen molar-refractivity contribution in [2.24, 2.45) is 5.73 Å². The molecule has 0 saturated heterocycles. The number of ether oxygens (including phenoxy) is 1. The van der Waals surface area contributed by atoms with E-state index in [0.717, 1.165) is 0 Å². The highest BCUT2D eigenvalue weighted by atomic mass is 32.2. The van der Waals surface area contributed by atoms with Crippen LogP contribution in [0.3, 0.4) is 0 Å². The summed E-state index contributed by atoms with van der Waals surface area (Å²) in [5.41, 5.74) is 6.81. The molecule has 0 aliphatic heterocycles. The lowest BCUT2D eigenvalue weighted by atomic mass is 10.1. The average Bonchev–Trinajstić information content (AvgIpc) is 2.35. The van der Waals surface area contributed by atoms with Crippen LogP contribution in [-0.4, -0.2) is 33.2 Å². The Bertz CT molecular complexity index is 544. The minimum Gasteiger partial charge on any atom is -0.389 e. The van der Waals surface area contributed by atoms with Crippen molar-refractivity contribution in [3.8, 4) is 0 Å². The predicted molar refractivity (Wildman–Crippen MR) is 79.4 cm³/mol. The highest BCUT2D eigenvalue weighted by Crippen LogP contribution is 2.08. The van der Waals surface area contributed by atoms with Gasteiger partial charge in [-0.25, -0.2) is 13.1 Å². The number of hydrogen-bond donors (Lipinski definition) is 2. The first kappa shape index (κ1) is 16.0. The second-order valence-corrected chi connectivity index (χ2v) is 6.47. The van der Waals surface area contributed by atoms with E-state index in [2.05, 4.69) is 4.72 Å². The Morgan fingerprint density at radius 3 is 2.79 bits per heavy atom. The predicted octanol–water partition coefficient (Wildman–Crippen LogP) is 0.775. The number of nitrogens with two attached hydrogens (primary N) is 1. The van der Waals surface area contributed by atoms with Crippen LogP contribution in [0.2, 0.25) is 0 Å². The summed E-state index contributed by atoms with van der Waals surface area (Å²) in [5.74, 6) is -0.111. The van der Waals surface area contributed by atoms with E-state index in [4.69, 9.17) is 22.7 Å². The summed E-state index contributed by atoms with van der Waals surface area (Å²) in [6.07, 6.45) is -0.169. The molecule has 1 rings (SSSR count). The number of sulfonamides is 1.